The molecule has 0 bridgehead atoms. The summed E-state index contributed by atoms with van der Waals surface area (Å²) in [6.45, 7) is 0. The van der Waals surface area contributed by atoms with Crippen LogP contribution in [0, 0.1) is 0 Å². The Bertz CT molecular complexity index is 322. The molecule has 0 saturated carbocycles. The molecule has 1 aromatic carbocycles. The molecule has 4 heteroatoms. The molecule has 0 heterocycles. The molecule has 0 aliphatic heterocycles. The smallest absolute Gasteiger partial charge is 0.304 e. The molecule has 0 spiro atoms. The van der Waals surface area contributed by atoms with Crippen molar-refractivity contribution >= 4 is 34.1 Å². The molecule has 0 aromatic heterocycles. The lowest BCUT2D eigenvalue weighted by Gasteiger charge is -2.01. The van der Waals surface area contributed by atoms with Gasteiger partial charge in [0.25, 0.3) is 0 Å². The van der Waals surface area contributed by atoms with E-state index in [4.69, 9.17) is 17.3 Å². The molecule has 0 aliphatic carbocycles. The third-order valence-electron chi connectivity index (χ3n) is 1.56. The van der Waals surface area contributed by atoms with Gasteiger partial charge in [0.05, 0.1) is 10.6 Å². The van der Waals surface area contributed by atoms with E-state index in [1.165, 1.54) is 11.8 Å². The summed E-state index contributed by atoms with van der Waals surface area (Å²) in [5, 5.41) is 8.44. The Morgan fingerprint density at radius 3 is 2.57 bits per heavy atom. The summed E-state index contributed by atoms with van der Waals surface area (Å²) in [7, 11) is 0. The molecule has 0 aliphatic rings. The second kappa shape index (κ2) is 5.78. The Morgan fingerprint density at radius 1 is 1.36 bits per heavy atom. The van der Waals surface area contributed by atoms with Crippen LogP contribution in [0.4, 0.5) is 0 Å². The maximum absolute atomic E-state index is 10.3. The van der Waals surface area contributed by atoms with Gasteiger partial charge in [0.2, 0.25) is 0 Å². The first-order valence-electron chi connectivity index (χ1n) is 4.14. The van der Waals surface area contributed by atoms with Crippen LogP contribution in [0.15, 0.2) is 30.3 Å². The van der Waals surface area contributed by atoms with E-state index in [0.717, 1.165) is 9.76 Å². The van der Waals surface area contributed by atoms with E-state index in [-0.39, 0.29) is 6.42 Å². The molecule has 14 heavy (non-hydrogen) atoms. The van der Waals surface area contributed by atoms with Crippen LogP contribution in [0.1, 0.15) is 12.0 Å². The van der Waals surface area contributed by atoms with Gasteiger partial charge in [-0.2, -0.15) is 0 Å². The first-order valence-corrected chi connectivity index (χ1v) is 5.53. The van der Waals surface area contributed by atoms with E-state index < -0.39 is 5.97 Å². The predicted octanol–water partition coefficient (Wildman–Crippen LogP) is 2.57. The molecule has 1 rings (SSSR count). The normalized spacial score (nSPS) is 9.71. The average Bonchev–Trinajstić information content (AvgIpc) is 2.18. The zero-order valence-corrected chi connectivity index (χ0v) is 9.11. The van der Waals surface area contributed by atoms with Gasteiger partial charge in [0.1, 0.15) is 0 Å². The van der Waals surface area contributed by atoms with Gasteiger partial charge >= 0.3 is 5.97 Å². The van der Waals surface area contributed by atoms with Crippen LogP contribution in [0.2, 0.25) is 0 Å². The highest BCUT2D eigenvalue weighted by molar-refractivity contribution is 8.23. The van der Waals surface area contributed by atoms with Crippen LogP contribution < -0.4 is 0 Å². The maximum Gasteiger partial charge on any atom is 0.304 e. The molecular weight excluding hydrogens is 216 g/mol. The molecule has 0 radical (unpaired) electrons. The van der Waals surface area contributed by atoms with E-state index in [1.807, 2.05) is 30.3 Å². The van der Waals surface area contributed by atoms with E-state index in [0.29, 0.717) is 5.75 Å². The number of thiocarbonyl (C=S) groups is 1. The molecule has 0 atom stereocenters. The first-order chi connectivity index (χ1) is 6.70. The van der Waals surface area contributed by atoms with Gasteiger partial charge in [-0.05, 0) is 5.56 Å². The van der Waals surface area contributed by atoms with Crippen molar-refractivity contribution in [2.24, 2.45) is 0 Å². The second-order valence-corrected chi connectivity index (χ2v) is 4.42. The zero-order chi connectivity index (χ0) is 10.4. The van der Waals surface area contributed by atoms with Crippen molar-refractivity contribution in [1.29, 1.82) is 0 Å². The quantitative estimate of drug-likeness (QED) is 0.801. The number of carboxylic acid groups (broad SMARTS) is 1. The minimum Gasteiger partial charge on any atom is -0.481 e. The first kappa shape index (κ1) is 11.2. The number of carbonyl (C=O) groups is 1. The van der Waals surface area contributed by atoms with E-state index in [2.05, 4.69) is 0 Å². The molecule has 1 N–H and O–H groups in total. The van der Waals surface area contributed by atoms with Gasteiger partial charge < -0.3 is 5.11 Å². The Balaban J connectivity index is 2.40. The van der Waals surface area contributed by atoms with Crippen LogP contribution >= 0.6 is 24.0 Å². The molecule has 1 aromatic rings. The van der Waals surface area contributed by atoms with Crippen molar-refractivity contribution in [2.75, 3.05) is 5.75 Å². The summed E-state index contributed by atoms with van der Waals surface area (Å²) in [4.78, 5) is 10.3. The third-order valence-corrected chi connectivity index (χ3v) is 3.05. The predicted molar refractivity (Wildman–Crippen MR) is 62.9 cm³/mol. The van der Waals surface area contributed by atoms with Gasteiger partial charge in [0.15, 0.2) is 0 Å². The lowest BCUT2D eigenvalue weighted by molar-refractivity contribution is -0.136. The van der Waals surface area contributed by atoms with Gasteiger partial charge in [0, 0.05) is 5.75 Å². The molecule has 0 fully saturated rings. The summed E-state index contributed by atoms with van der Waals surface area (Å²) in [6.07, 6.45) is 0.150. The average molecular weight is 226 g/mol. The van der Waals surface area contributed by atoms with Crippen LogP contribution in [-0.2, 0) is 4.79 Å². The maximum atomic E-state index is 10.3. The van der Waals surface area contributed by atoms with Gasteiger partial charge in [-0.15, -0.1) is 11.8 Å². The van der Waals surface area contributed by atoms with Crippen LogP contribution in [-0.4, -0.2) is 21.0 Å². The van der Waals surface area contributed by atoms with E-state index >= 15 is 0 Å². The Morgan fingerprint density at radius 2 is 2.00 bits per heavy atom. The fourth-order valence-corrected chi connectivity index (χ4v) is 2.04. The molecule has 74 valence electrons. The molecular formula is C10H10O2S2. The number of rotatable bonds is 4. The number of hydrogen-bond donors (Lipinski definition) is 1. The van der Waals surface area contributed by atoms with Crippen LogP contribution in [0.25, 0.3) is 0 Å². The van der Waals surface area contributed by atoms with Crippen LogP contribution in [0.5, 0.6) is 0 Å². The number of benzene rings is 1. The highest BCUT2D eigenvalue weighted by atomic mass is 32.2. The Labute approximate surface area is 92.3 Å². The van der Waals surface area contributed by atoms with Gasteiger partial charge in [-0.3, -0.25) is 4.79 Å². The number of thioether (sulfide) groups is 1. The largest absolute Gasteiger partial charge is 0.481 e. The zero-order valence-electron chi connectivity index (χ0n) is 7.47. The van der Waals surface area contributed by atoms with E-state index in [1.54, 1.807) is 0 Å². The molecule has 2 nitrogen and oxygen atoms in total. The lowest BCUT2D eigenvalue weighted by Crippen LogP contribution is -1.99. The Kier molecular flexibility index (Phi) is 4.62. The Hall–Kier alpha value is -0.870. The van der Waals surface area contributed by atoms with Gasteiger partial charge in [-0.25, -0.2) is 0 Å². The van der Waals surface area contributed by atoms with Crippen molar-refractivity contribution < 1.29 is 9.90 Å². The summed E-state index contributed by atoms with van der Waals surface area (Å²) < 4.78 is 0.756. The second-order valence-electron chi connectivity index (χ2n) is 2.65. The highest BCUT2D eigenvalue weighted by Gasteiger charge is 2.02. The fraction of sp³-hybridized carbons (Fsp3) is 0.200. The summed E-state index contributed by atoms with van der Waals surface area (Å²) in [6, 6.07) is 9.61. The lowest BCUT2D eigenvalue weighted by atomic mass is 10.2. The third kappa shape index (κ3) is 3.89. The summed E-state index contributed by atoms with van der Waals surface area (Å²) >= 11 is 6.55. The van der Waals surface area contributed by atoms with Gasteiger partial charge in [-0.1, -0.05) is 42.5 Å². The van der Waals surface area contributed by atoms with Crippen molar-refractivity contribution in [3.05, 3.63) is 35.9 Å². The molecule has 0 saturated heterocycles. The minimum absolute atomic E-state index is 0.150. The van der Waals surface area contributed by atoms with Crippen molar-refractivity contribution in [2.45, 2.75) is 6.42 Å². The number of aliphatic carboxylic acids is 1. The molecule has 0 unspecified atom stereocenters. The summed E-state index contributed by atoms with van der Waals surface area (Å²) in [5.41, 5.74) is 0.984. The summed E-state index contributed by atoms with van der Waals surface area (Å²) in [5.74, 6) is -0.253. The standard InChI is InChI=1S/C10H10O2S2/c11-9(12)6-7-14-10(13)8-4-2-1-3-5-8/h1-5H,6-7H2,(H,11,12). The fourth-order valence-electron chi connectivity index (χ4n) is 0.889. The van der Waals surface area contributed by atoms with Crippen molar-refractivity contribution in [1.82, 2.24) is 0 Å². The van der Waals surface area contributed by atoms with Crippen molar-refractivity contribution in [3.63, 3.8) is 0 Å². The van der Waals surface area contributed by atoms with E-state index in [9.17, 15) is 4.79 Å². The molecule has 0 amide bonds. The van der Waals surface area contributed by atoms with Crippen molar-refractivity contribution in [3.8, 4) is 0 Å². The number of hydrogen-bond acceptors (Lipinski definition) is 3. The number of carboxylic acids is 1. The topological polar surface area (TPSA) is 37.3 Å². The highest BCUT2D eigenvalue weighted by Crippen LogP contribution is 2.14. The van der Waals surface area contributed by atoms with Crippen LogP contribution in [0.3, 0.4) is 0 Å². The monoisotopic (exact) mass is 226 g/mol. The SMILES string of the molecule is O=C(O)CCSC(=S)c1ccccc1. The minimum atomic E-state index is -0.784.